The average molecular weight is 344 g/mol. The van der Waals surface area contributed by atoms with Gasteiger partial charge in [0.15, 0.2) is 5.65 Å². The third kappa shape index (κ3) is 3.23. The van der Waals surface area contributed by atoms with Crippen LogP contribution < -0.4 is 0 Å². The van der Waals surface area contributed by atoms with Crippen LogP contribution in [0.4, 0.5) is 0 Å². The van der Waals surface area contributed by atoms with Crippen LogP contribution in [0.5, 0.6) is 0 Å². The first-order valence-electron chi connectivity index (χ1n) is 8.64. The molecule has 1 aliphatic rings. The van der Waals surface area contributed by atoms with E-state index in [4.69, 9.17) is 0 Å². The van der Waals surface area contributed by atoms with Gasteiger partial charge in [0, 0.05) is 24.5 Å². The van der Waals surface area contributed by atoms with Gasteiger partial charge >= 0.3 is 5.97 Å². The van der Waals surface area contributed by atoms with Crippen LogP contribution in [0.3, 0.4) is 0 Å². The van der Waals surface area contributed by atoms with E-state index < -0.39 is 11.9 Å². The van der Waals surface area contributed by atoms with Gasteiger partial charge in [0.25, 0.3) is 5.91 Å². The van der Waals surface area contributed by atoms with Crippen molar-refractivity contribution >= 4 is 22.9 Å². The zero-order chi connectivity index (χ0) is 18.3. The van der Waals surface area contributed by atoms with Gasteiger partial charge in [0.2, 0.25) is 0 Å². The maximum Gasteiger partial charge on any atom is 0.308 e. The minimum absolute atomic E-state index is 0.151. The second kappa shape index (κ2) is 6.46. The van der Waals surface area contributed by atoms with Gasteiger partial charge in [-0.1, -0.05) is 6.92 Å². The molecule has 0 saturated carbocycles. The third-order valence-electron chi connectivity index (χ3n) is 4.78. The summed E-state index contributed by atoms with van der Waals surface area (Å²) in [5.74, 6) is -1.33. The Hall–Kier alpha value is -2.44. The number of carboxylic acid groups (broad SMARTS) is 1. The molecule has 25 heavy (non-hydrogen) atoms. The van der Waals surface area contributed by atoms with Gasteiger partial charge in [0.1, 0.15) is 0 Å². The summed E-state index contributed by atoms with van der Waals surface area (Å²) < 4.78 is 1.83. The molecule has 1 aliphatic heterocycles. The molecule has 1 amide bonds. The number of carbonyl (C=O) groups excluding carboxylic acids is 1. The van der Waals surface area contributed by atoms with E-state index in [9.17, 15) is 14.7 Å². The Morgan fingerprint density at radius 2 is 2.04 bits per heavy atom. The third-order valence-corrected chi connectivity index (χ3v) is 4.78. The van der Waals surface area contributed by atoms with Crippen molar-refractivity contribution < 1.29 is 14.7 Å². The maximum atomic E-state index is 13.0. The van der Waals surface area contributed by atoms with Gasteiger partial charge in [-0.05, 0) is 39.2 Å². The van der Waals surface area contributed by atoms with Crippen LogP contribution in [0.2, 0.25) is 0 Å². The molecule has 0 bridgehead atoms. The number of likely N-dealkylation sites (tertiary alicyclic amines) is 1. The lowest BCUT2D eigenvalue weighted by atomic mass is 9.90. The lowest BCUT2D eigenvalue weighted by Gasteiger charge is -2.34. The second-order valence-electron chi connectivity index (χ2n) is 7.30. The fourth-order valence-corrected chi connectivity index (χ4v) is 3.53. The minimum atomic E-state index is -0.840. The highest BCUT2D eigenvalue weighted by Gasteiger charge is 2.33. The van der Waals surface area contributed by atoms with E-state index in [0.717, 1.165) is 11.0 Å². The number of aliphatic carboxylic acids is 1. The number of pyridine rings is 1. The van der Waals surface area contributed by atoms with Crippen LogP contribution in [-0.4, -0.2) is 49.7 Å². The Kier molecular flexibility index (Phi) is 4.49. The van der Waals surface area contributed by atoms with E-state index in [1.807, 2.05) is 38.4 Å². The van der Waals surface area contributed by atoms with Crippen LogP contribution >= 0.6 is 0 Å². The molecule has 2 aromatic heterocycles. The molecule has 3 rings (SSSR count). The van der Waals surface area contributed by atoms with Gasteiger partial charge in [-0.3, -0.25) is 9.59 Å². The Balaban J connectivity index is 1.94. The number of hydrogen-bond donors (Lipinski definition) is 1. The maximum absolute atomic E-state index is 13.0. The molecule has 2 unspecified atom stereocenters. The first-order chi connectivity index (χ1) is 11.8. The quantitative estimate of drug-likeness (QED) is 0.924. The molecule has 0 radical (unpaired) electrons. The Morgan fingerprint density at radius 3 is 2.68 bits per heavy atom. The summed E-state index contributed by atoms with van der Waals surface area (Å²) in [6.07, 6.45) is 2.33. The van der Waals surface area contributed by atoms with E-state index in [1.165, 1.54) is 0 Å². The van der Waals surface area contributed by atoms with Gasteiger partial charge in [0.05, 0.1) is 23.4 Å². The van der Waals surface area contributed by atoms with Crippen LogP contribution in [0, 0.1) is 18.8 Å². The molecule has 0 aromatic carbocycles. The number of hydrogen-bond acceptors (Lipinski definition) is 4. The van der Waals surface area contributed by atoms with E-state index in [1.54, 1.807) is 11.1 Å². The summed E-state index contributed by atoms with van der Waals surface area (Å²) in [5.41, 5.74) is 1.93. The van der Waals surface area contributed by atoms with E-state index in [-0.39, 0.29) is 24.4 Å². The molecule has 2 atom stereocenters. The number of nitrogens with zero attached hydrogens (tertiary/aromatic N) is 4. The highest BCUT2D eigenvalue weighted by molar-refractivity contribution is 5.98. The van der Waals surface area contributed by atoms with Crippen molar-refractivity contribution in [3.8, 4) is 0 Å². The molecule has 2 aromatic rings. The fraction of sp³-hybridized carbons (Fsp3) is 0.556. The molecular weight excluding hydrogens is 320 g/mol. The smallest absolute Gasteiger partial charge is 0.308 e. The summed E-state index contributed by atoms with van der Waals surface area (Å²) in [4.78, 5) is 30.6. The zero-order valence-electron chi connectivity index (χ0n) is 15.1. The topological polar surface area (TPSA) is 88.3 Å². The normalized spacial score (nSPS) is 21.1. The summed E-state index contributed by atoms with van der Waals surface area (Å²) in [5, 5.41) is 14.5. The van der Waals surface area contributed by atoms with Crippen LogP contribution in [0.25, 0.3) is 11.0 Å². The highest BCUT2D eigenvalue weighted by atomic mass is 16.4. The highest BCUT2D eigenvalue weighted by Crippen LogP contribution is 2.25. The number of fused-ring (bicyclic) bond motifs is 1. The predicted molar refractivity (Wildman–Crippen MR) is 93.5 cm³/mol. The number of carboxylic acids is 1. The second-order valence-corrected chi connectivity index (χ2v) is 7.30. The summed E-state index contributed by atoms with van der Waals surface area (Å²) in [7, 11) is 0. The number of aryl methyl sites for hydroxylation is 1. The summed E-state index contributed by atoms with van der Waals surface area (Å²) in [6, 6.07) is 2.01. The number of rotatable bonds is 3. The van der Waals surface area contributed by atoms with Gasteiger partial charge in [-0.15, -0.1) is 0 Å². The molecule has 1 saturated heterocycles. The lowest BCUT2D eigenvalue weighted by molar-refractivity contribution is -0.143. The minimum Gasteiger partial charge on any atom is -0.481 e. The van der Waals surface area contributed by atoms with Crippen LogP contribution in [-0.2, 0) is 4.79 Å². The van der Waals surface area contributed by atoms with Crippen molar-refractivity contribution in [3.05, 3.63) is 23.5 Å². The first-order valence-corrected chi connectivity index (χ1v) is 8.64. The largest absolute Gasteiger partial charge is 0.481 e. The van der Waals surface area contributed by atoms with Crippen molar-refractivity contribution in [1.29, 1.82) is 0 Å². The SMILES string of the molecule is Cc1nc2c(cnn2C(C)C)cc1C(=O)N1CC(C)CC(C(=O)O)C1. The predicted octanol–water partition coefficient (Wildman–Crippen LogP) is 2.50. The fourth-order valence-electron chi connectivity index (χ4n) is 3.53. The first kappa shape index (κ1) is 17.4. The van der Waals surface area contributed by atoms with E-state index >= 15 is 0 Å². The number of piperidine rings is 1. The Morgan fingerprint density at radius 1 is 1.32 bits per heavy atom. The molecule has 3 heterocycles. The molecule has 0 aliphatic carbocycles. The number of amides is 1. The molecule has 7 nitrogen and oxygen atoms in total. The van der Waals surface area contributed by atoms with E-state index in [0.29, 0.717) is 24.2 Å². The van der Waals surface area contributed by atoms with Gasteiger partial charge in [-0.25, -0.2) is 9.67 Å². The van der Waals surface area contributed by atoms with Crippen molar-refractivity contribution in [1.82, 2.24) is 19.7 Å². The number of aromatic nitrogens is 3. The van der Waals surface area contributed by atoms with Crippen molar-refractivity contribution in [2.45, 2.75) is 40.2 Å². The molecule has 1 fully saturated rings. The van der Waals surface area contributed by atoms with Crippen molar-refractivity contribution in [2.75, 3.05) is 13.1 Å². The van der Waals surface area contributed by atoms with Gasteiger partial charge in [-0.2, -0.15) is 5.10 Å². The van der Waals surface area contributed by atoms with Crippen LogP contribution in [0.15, 0.2) is 12.3 Å². The van der Waals surface area contributed by atoms with Crippen molar-refractivity contribution in [3.63, 3.8) is 0 Å². The van der Waals surface area contributed by atoms with E-state index in [2.05, 4.69) is 10.1 Å². The lowest BCUT2D eigenvalue weighted by Crippen LogP contribution is -2.45. The van der Waals surface area contributed by atoms with Crippen molar-refractivity contribution in [2.24, 2.45) is 11.8 Å². The zero-order valence-corrected chi connectivity index (χ0v) is 15.1. The average Bonchev–Trinajstić information content (AvgIpc) is 2.95. The molecule has 134 valence electrons. The molecule has 0 spiro atoms. The summed E-state index contributed by atoms with van der Waals surface area (Å²) in [6.45, 7) is 8.68. The van der Waals surface area contributed by atoms with Gasteiger partial charge < -0.3 is 10.0 Å². The summed E-state index contributed by atoms with van der Waals surface area (Å²) >= 11 is 0. The molecule has 1 N–H and O–H groups in total. The standard InChI is InChI=1S/C18H24N4O3/c1-10(2)22-16-13(7-19-22)6-15(12(4)20-16)17(23)21-8-11(3)5-14(9-21)18(24)25/h6-7,10-11,14H,5,8-9H2,1-4H3,(H,24,25). The molecule has 7 heteroatoms. The van der Waals surface area contributed by atoms with Crippen LogP contribution in [0.1, 0.15) is 49.3 Å². The molecular formula is C18H24N4O3. The number of carbonyl (C=O) groups is 2. The monoisotopic (exact) mass is 344 g/mol. The Labute approximate surface area is 146 Å². The Bertz CT molecular complexity index is 827.